The molecule has 520 valence electrons. The van der Waals surface area contributed by atoms with Crippen LogP contribution in [0.5, 0.6) is 0 Å². The molecule has 28 N–H and O–H groups in total. The van der Waals surface area contributed by atoms with Crippen molar-refractivity contribution in [2.45, 2.75) is 172 Å². The number of nitrogens with zero attached hydrogens (tertiary/aromatic N) is 4. The molecule has 1 fully saturated rings. The number of aliphatic imine (C=N–C) groups is 2. The van der Waals surface area contributed by atoms with E-state index in [1.165, 1.54) is 19.4 Å². The van der Waals surface area contributed by atoms with Gasteiger partial charge >= 0.3 is 5.97 Å². The Morgan fingerprint density at radius 2 is 1.12 bits per heavy atom. The minimum absolute atomic E-state index is 0.0182. The van der Waals surface area contributed by atoms with Gasteiger partial charge in [0.25, 0.3) is 0 Å². The van der Waals surface area contributed by atoms with Crippen molar-refractivity contribution in [3.8, 4) is 0 Å². The summed E-state index contributed by atoms with van der Waals surface area (Å²) in [6.07, 6.45) is 0.663. The molecule has 0 spiro atoms. The van der Waals surface area contributed by atoms with Crippen molar-refractivity contribution in [3.05, 3.63) is 18.2 Å². The SMILES string of the molecule is CC(C)C[C@H](NC(=O)[C@H](CCC(=O)O)NC(=O)CNC(=O)[C@H](CCCN=C(N)N)NC(=O)[C@H](CCCN=C(N)N)NC(=O)[C@H](C)NC(=O)[C@@H]1CCCN1C(=O)[C@H](CC(N)=O)NC(=O)[C@H](CO)NC(=O)[C@@H](N)Cc1cnc[nH]1)C(=O)N[C@@H](CO)C(=O)N[C@H](C(N)=O)C(C)C. The molecule has 93 heavy (non-hydrogen) atoms. The molecular formula is C54H92N22O17. The van der Waals surface area contributed by atoms with E-state index in [-0.39, 0.29) is 88.8 Å². The lowest BCUT2D eigenvalue weighted by Gasteiger charge is -2.30. The van der Waals surface area contributed by atoms with E-state index in [0.717, 1.165) is 4.90 Å². The van der Waals surface area contributed by atoms with E-state index in [1.54, 1.807) is 27.7 Å². The number of aliphatic hydroxyl groups is 2. The predicted octanol–water partition coefficient (Wildman–Crippen LogP) is -10.2. The van der Waals surface area contributed by atoms with Crippen molar-refractivity contribution in [3.63, 3.8) is 0 Å². The summed E-state index contributed by atoms with van der Waals surface area (Å²) in [5, 5.41) is 53.4. The number of carboxylic acids is 1. The van der Waals surface area contributed by atoms with Gasteiger partial charge in [0.05, 0.1) is 38.5 Å². The molecule has 11 atom stereocenters. The smallest absolute Gasteiger partial charge is 0.303 e. The summed E-state index contributed by atoms with van der Waals surface area (Å²) in [7, 11) is 0. The number of aromatic amines is 1. The minimum atomic E-state index is -1.70. The summed E-state index contributed by atoms with van der Waals surface area (Å²) in [5.41, 5.74) is 39.2. The number of nitrogens with one attached hydrogen (secondary N) is 11. The highest BCUT2D eigenvalue weighted by Gasteiger charge is 2.41. The number of aliphatic hydroxyl groups excluding tert-OH is 2. The third kappa shape index (κ3) is 28.9. The van der Waals surface area contributed by atoms with Crippen LogP contribution >= 0.6 is 0 Å². The van der Waals surface area contributed by atoms with Crippen molar-refractivity contribution in [1.29, 1.82) is 0 Å². The Morgan fingerprint density at radius 3 is 1.62 bits per heavy atom. The maximum atomic E-state index is 14.2. The Bertz CT molecular complexity index is 2810. The summed E-state index contributed by atoms with van der Waals surface area (Å²) >= 11 is 0. The van der Waals surface area contributed by atoms with Crippen LogP contribution < -0.4 is 93.3 Å². The first-order chi connectivity index (χ1) is 43.7. The first-order valence-corrected chi connectivity index (χ1v) is 29.8. The number of amides is 13. The summed E-state index contributed by atoms with van der Waals surface area (Å²) < 4.78 is 0. The summed E-state index contributed by atoms with van der Waals surface area (Å²) in [5.74, 6) is -15.4. The molecule has 0 radical (unpaired) electrons. The van der Waals surface area contributed by atoms with Gasteiger partial charge in [-0.1, -0.05) is 27.7 Å². The maximum Gasteiger partial charge on any atom is 0.303 e. The Morgan fingerprint density at radius 1 is 0.624 bits per heavy atom. The third-order valence-electron chi connectivity index (χ3n) is 14.1. The number of nitrogens with two attached hydrogens (primary N) is 7. The van der Waals surface area contributed by atoms with Crippen molar-refractivity contribution >= 4 is 94.7 Å². The van der Waals surface area contributed by atoms with E-state index in [9.17, 15) is 82.4 Å². The molecule has 2 rings (SSSR count). The molecule has 0 unspecified atom stereocenters. The molecule has 1 aliphatic rings. The molecule has 2 heterocycles. The van der Waals surface area contributed by atoms with E-state index in [0.29, 0.717) is 5.69 Å². The van der Waals surface area contributed by atoms with Crippen LogP contribution in [0.15, 0.2) is 22.5 Å². The average molecular weight is 1320 g/mol. The quantitative estimate of drug-likeness (QED) is 0.0164. The molecule has 1 aliphatic heterocycles. The number of hydrogen-bond donors (Lipinski definition) is 21. The molecule has 0 saturated carbocycles. The number of carbonyl (C=O) groups excluding carboxylic acids is 13. The molecule has 13 amide bonds. The fraction of sp³-hybridized carbons (Fsp3) is 0.648. The van der Waals surface area contributed by atoms with Gasteiger partial charge in [0.15, 0.2) is 11.9 Å². The normalized spacial score (nSPS) is 15.9. The van der Waals surface area contributed by atoms with E-state index in [4.69, 9.17) is 40.1 Å². The van der Waals surface area contributed by atoms with Crippen LogP contribution in [0.25, 0.3) is 0 Å². The number of primary amides is 2. The fourth-order valence-corrected chi connectivity index (χ4v) is 9.20. The molecular weight excluding hydrogens is 1230 g/mol. The van der Waals surface area contributed by atoms with Gasteiger partial charge < -0.3 is 119 Å². The summed E-state index contributed by atoms with van der Waals surface area (Å²) in [4.78, 5) is 201. The molecule has 1 saturated heterocycles. The zero-order valence-electron chi connectivity index (χ0n) is 52.6. The second kappa shape index (κ2) is 40.1. The lowest BCUT2D eigenvalue weighted by atomic mass is 10.0. The van der Waals surface area contributed by atoms with Crippen molar-refractivity contribution < 1.29 is 82.4 Å². The first-order valence-electron chi connectivity index (χ1n) is 29.8. The molecule has 0 bridgehead atoms. The van der Waals surface area contributed by atoms with E-state index < -0.39 is 194 Å². The highest BCUT2D eigenvalue weighted by Crippen LogP contribution is 2.20. The van der Waals surface area contributed by atoms with Gasteiger partial charge in [-0.15, -0.1) is 0 Å². The summed E-state index contributed by atoms with van der Waals surface area (Å²) in [6.45, 7) is 4.84. The lowest BCUT2D eigenvalue weighted by Crippen LogP contribution is -2.60. The van der Waals surface area contributed by atoms with Crippen LogP contribution in [-0.4, -0.2) is 231 Å². The minimum Gasteiger partial charge on any atom is -0.481 e. The number of guanidine groups is 2. The van der Waals surface area contributed by atoms with Crippen LogP contribution in [0.3, 0.4) is 0 Å². The number of carboxylic acid groups (broad SMARTS) is 1. The molecule has 0 aromatic carbocycles. The van der Waals surface area contributed by atoms with Gasteiger partial charge in [0, 0.05) is 44.4 Å². The van der Waals surface area contributed by atoms with Gasteiger partial charge in [0.2, 0.25) is 76.8 Å². The first kappa shape index (κ1) is 79.3. The Labute approximate surface area is 535 Å². The highest BCUT2D eigenvalue weighted by atomic mass is 16.4. The number of hydrogen-bond acceptors (Lipinski definition) is 20. The second-order valence-corrected chi connectivity index (χ2v) is 22.6. The maximum absolute atomic E-state index is 14.2. The monoisotopic (exact) mass is 1320 g/mol. The lowest BCUT2D eigenvalue weighted by molar-refractivity contribution is -0.143. The van der Waals surface area contributed by atoms with Crippen LogP contribution in [0, 0.1) is 11.8 Å². The fourth-order valence-electron chi connectivity index (χ4n) is 9.20. The van der Waals surface area contributed by atoms with Crippen LogP contribution in [0.1, 0.15) is 105 Å². The molecule has 39 nitrogen and oxygen atoms in total. The number of H-pyrrole nitrogens is 1. The zero-order chi connectivity index (χ0) is 70.2. The Balaban J connectivity index is 2.32. The van der Waals surface area contributed by atoms with Crippen molar-refractivity contribution in [2.75, 3.05) is 39.4 Å². The van der Waals surface area contributed by atoms with E-state index in [1.807, 2.05) is 0 Å². The van der Waals surface area contributed by atoms with Crippen LogP contribution in [0.4, 0.5) is 0 Å². The largest absolute Gasteiger partial charge is 0.481 e. The number of carbonyl (C=O) groups is 14. The highest BCUT2D eigenvalue weighted by molar-refractivity contribution is 6.00. The van der Waals surface area contributed by atoms with Crippen LogP contribution in [0.2, 0.25) is 0 Å². The van der Waals surface area contributed by atoms with Gasteiger partial charge in [-0.3, -0.25) is 77.1 Å². The van der Waals surface area contributed by atoms with Gasteiger partial charge in [-0.05, 0) is 70.1 Å². The average Bonchev–Trinajstić information content (AvgIpc) is 1.78. The summed E-state index contributed by atoms with van der Waals surface area (Å²) in [6, 6.07) is -16.2. The predicted molar refractivity (Wildman–Crippen MR) is 329 cm³/mol. The number of aromatic nitrogens is 2. The van der Waals surface area contributed by atoms with Gasteiger partial charge in [-0.25, -0.2) is 4.98 Å². The standard InChI is InChI=1S/C54H92N22O17/c1-25(2)17-33(48(89)74-36(23-78)50(91)75-41(26(3)4)42(57)83)71-47(88)32(12-13-40(81)82)68-39(80)21-65-45(86)30(9-6-14-63-53(58)59)70-46(87)31(10-7-15-64-54(60)61)69-43(84)27(5)67-51(92)37-11-8-16-76(37)52(93)34(19-38(56)79)72-49(90)35(22-77)73-44(85)29(55)18-28-20-62-24-66-28/h20,24-27,29-37,41,77-78H,6-19,21-23,55H2,1-5H3,(H2,56,79)(H2,57,83)(H,62,66)(H,65,86)(H,67,92)(H,68,80)(H,69,84)(H,70,87)(H,71,88)(H,72,90)(H,73,85)(H,74,89)(H,75,91)(H,81,82)(H4,58,59,63)(H4,60,61,64)/t27-,29-,30-,31-,32-,33-,34-,35-,36-,37-,41-/m0/s1. The topological polar surface area (TPSA) is 659 Å². The van der Waals surface area contributed by atoms with Crippen molar-refractivity contribution in [2.24, 2.45) is 62.0 Å². The molecule has 0 aliphatic carbocycles. The second-order valence-electron chi connectivity index (χ2n) is 22.6. The van der Waals surface area contributed by atoms with Gasteiger partial charge in [-0.2, -0.15) is 0 Å². The molecule has 1 aromatic heterocycles. The Kier molecular flexibility index (Phi) is 34.2. The number of rotatable bonds is 42. The number of likely N-dealkylation sites (tertiary alicyclic amines) is 1. The number of aliphatic carboxylic acids is 1. The van der Waals surface area contributed by atoms with Gasteiger partial charge in [0.1, 0.15) is 60.4 Å². The van der Waals surface area contributed by atoms with E-state index in [2.05, 4.69) is 73.1 Å². The van der Waals surface area contributed by atoms with E-state index >= 15 is 0 Å². The number of imidazole rings is 1. The Hall–Kier alpha value is -9.79. The molecule has 39 heteroatoms. The zero-order valence-corrected chi connectivity index (χ0v) is 52.6. The molecule has 1 aromatic rings. The van der Waals surface area contributed by atoms with Crippen LogP contribution in [-0.2, 0) is 73.5 Å². The third-order valence-corrected chi connectivity index (χ3v) is 14.1. The van der Waals surface area contributed by atoms with Crippen molar-refractivity contribution in [1.82, 2.24) is 68.0 Å².